The molecule has 0 fully saturated rings. The Balaban J connectivity index is 2.19. The lowest BCUT2D eigenvalue weighted by molar-refractivity contribution is -0.136. The predicted octanol–water partition coefficient (Wildman–Crippen LogP) is 4.22. The molecule has 0 saturated heterocycles. The van der Waals surface area contributed by atoms with E-state index in [4.69, 9.17) is 21.6 Å². The van der Waals surface area contributed by atoms with Gasteiger partial charge in [-0.05, 0) is 36.8 Å². The van der Waals surface area contributed by atoms with Crippen LogP contribution in [0.1, 0.15) is 21.0 Å². The van der Waals surface area contributed by atoms with E-state index in [1.807, 2.05) is 17.6 Å². The summed E-state index contributed by atoms with van der Waals surface area (Å²) < 4.78 is 7.31. The fourth-order valence-corrected chi connectivity index (χ4v) is 3.99. The van der Waals surface area contributed by atoms with Crippen LogP contribution in [0.15, 0.2) is 24.3 Å². The van der Waals surface area contributed by atoms with Crippen LogP contribution < -0.4 is 4.74 Å². The average Bonchev–Trinajstić information content (AvgIpc) is 3.12. The number of methoxy groups -OCH3 is 1. The summed E-state index contributed by atoms with van der Waals surface area (Å²) in [5.41, 5.74) is 2.47. The van der Waals surface area contributed by atoms with Gasteiger partial charge >= 0.3 is 5.97 Å². The largest absolute Gasteiger partial charge is 0.495 e. The molecule has 2 heterocycles. The maximum absolute atomic E-state index is 11.3. The number of benzene rings is 1. The number of hydrogen-bond donors (Lipinski definition) is 1. The summed E-state index contributed by atoms with van der Waals surface area (Å²) in [6, 6.07) is 9.42. The van der Waals surface area contributed by atoms with E-state index in [0.717, 1.165) is 27.0 Å². The number of fused-ring (bicyclic) bond motifs is 1. The first-order valence-electron chi connectivity index (χ1n) is 7.50. The first-order valence-corrected chi connectivity index (χ1v) is 8.69. The monoisotopic (exact) mass is 374 g/mol. The maximum Gasteiger partial charge on any atom is 0.307 e. The molecule has 0 aliphatic heterocycles. The molecule has 0 radical (unpaired) electrons. The standard InChI is InChI=1S/C18H15ClN2O3S/c1-10-13(6-18(22)23)14-5-17(24-2)15(19)7-16(14)21(10)9-12-4-3-11(8-20)25-12/h3-5,7H,6,9H2,1-2H3,(H,22,23). The van der Waals surface area contributed by atoms with Gasteiger partial charge in [-0.3, -0.25) is 4.79 Å². The molecular formula is C18H15ClN2O3S. The number of carboxylic acid groups (broad SMARTS) is 1. The lowest BCUT2D eigenvalue weighted by Crippen LogP contribution is -2.04. The number of aliphatic carboxylic acids is 1. The fraction of sp³-hybridized carbons (Fsp3) is 0.222. The minimum Gasteiger partial charge on any atom is -0.495 e. The van der Waals surface area contributed by atoms with E-state index in [9.17, 15) is 9.90 Å². The van der Waals surface area contributed by atoms with Crippen LogP contribution in [-0.4, -0.2) is 22.8 Å². The number of rotatable bonds is 5. The van der Waals surface area contributed by atoms with Crippen molar-refractivity contribution < 1.29 is 14.6 Å². The molecule has 0 saturated carbocycles. The van der Waals surface area contributed by atoms with Crippen LogP contribution in [0.5, 0.6) is 5.75 Å². The molecule has 0 aliphatic carbocycles. The summed E-state index contributed by atoms with van der Waals surface area (Å²) in [6.07, 6.45) is -0.0754. The summed E-state index contributed by atoms with van der Waals surface area (Å²) in [6.45, 7) is 2.45. The van der Waals surface area contributed by atoms with Gasteiger partial charge in [-0.25, -0.2) is 0 Å². The highest BCUT2D eigenvalue weighted by molar-refractivity contribution is 7.12. The van der Waals surface area contributed by atoms with Crippen LogP contribution in [0.3, 0.4) is 0 Å². The Hall–Kier alpha value is -2.49. The van der Waals surface area contributed by atoms with Crippen molar-refractivity contribution in [1.82, 2.24) is 4.57 Å². The molecule has 0 bridgehead atoms. The van der Waals surface area contributed by atoms with Crippen LogP contribution in [0, 0.1) is 18.3 Å². The normalized spacial score (nSPS) is 10.8. The summed E-state index contributed by atoms with van der Waals surface area (Å²) in [5, 5.41) is 19.6. The van der Waals surface area contributed by atoms with Crippen LogP contribution >= 0.6 is 22.9 Å². The van der Waals surface area contributed by atoms with Gasteiger partial charge in [0.15, 0.2) is 0 Å². The van der Waals surface area contributed by atoms with Gasteiger partial charge in [0.05, 0.1) is 30.6 Å². The summed E-state index contributed by atoms with van der Waals surface area (Å²) >= 11 is 7.70. The highest BCUT2D eigenvalue weighted by atomic mass is 35.5. The molecular weight excluding hydrogens is 360 g/mol. The van der Waals surface area contributed by atoms with Crippen molar-refractivity contribution in [1.29, 1.82) is 5.26 Å². The van der Waals surface area contributed by atoms with Gasteiger partial charge < -0.3 is 14.4 Å². The Morgan fingerprint density at radius 1 is 1.44 bits per heavy atom. The number of nitrogens with zero attached hydrogens (tertiary/aromatic N) is 2. The van der Waals surface area contributed by atoms with Crippen molar-refractivity contribution in [3.63, 3.8) is 0 Å². The van der Waals surface area contributed by atoms with E-state index in [-0.39, 0.29) is 6.42 Å². The molecule has 1 N–H and O–H groups in total. The molecule has 0 atom stereocenters. The van der Waals surface area contributed by atoms with Gasteiger partial charge in [-0.15, -0.1) is 11.3 Å². The maximum atomic E-state index is 11.3. The summed E-state index contributed by atoms with van der Waals surface area (Å²) in [4.78, 5) is 13.0. The fourth-order valence-electron chi connectivity index (χ4n) is 2.96. The van der Waals surface area contributed by atoms with Gasteiger partial charge in [0, 0.05) is 16.0 Å². The molecule has 3 aromatic rings. The second-order valence-electron chi connectivity index (χ2n) is 5.60. The molecule has 25 heavy (non-hydrogen) atoms. The number of thiophene rings is 1. The van der Waals surface area contributed by atoms with Crippen LogP contribution in [0.4, 0.5) is 0 Å². The number of nitriles is 1. The number of carbonyl (C=O) groups is 1. The smallest absolute Gasteiger partial charge is 0.307 e. The van der Waals surface area contributed by atoms with Crippen LogP contribution in [0.25, 0.3) is 10.9 Å². The third kappa shape index (κ3) is 3.21. The first kappa shape index (κ1) is 17.3. The molecule has 128 valence electrons. The Bertz CT molecular complexity index is 1010. The second-order valence-corrected chi connectivity index (χ2v) is 7.18. The molecule has 0 spiro atoms. The van der Waals surface area contributed by atoms with Gasteiger partial charge in [0.25, 0.3) is 0 Å². The van der Waals surface area contributed by atoms with E-state index in [2.05, 4.69) is 6.07 Å². The summed E-state index contributed by atoms with van der Waals surface area (Å²) in [5.74, 6) is -0.375. The van der Waals surface area contributed by atoms with Crippen molar-refractivity contribution >= 4 is 39.8 Å². The molecule has 7 heteroatoms. The molecule has 2 aromatic heterocycles. The quantitative estimate of drug-likeness (QED) is 0.725. The van der Waals surface area contributed by atoms with Gasteiger partial charge in [0.1, 0.15) is 16.7 Å². The van der Waals surface area contributed by atoms with E-state index < -0.39 is 5.97 Å². The topological polar surface area (TPSA) is 75.2 Å². The number of halogens is 1. The van der Waals surface area contributed by atoms with E-state index >= 15 is 0 Å². The zero-order valence-corrected chi connectivity index (χ0v) is 15.2. The van der Waals surface area contributed by atoms with E-state index in [1.54, 1.807) is 18.2 Å². The van der Waals surface area contributed by atoms with E-state index in [1.165, 1.54) is 18.4 Å². The lowest BCUT2D eigenvalue weighted by atomic mass is 10.1. The van der Waals surface area contributed by atoms with Crippen molar-refractivity contribution in [3.8, 4) is 11.8 Å². The average molecular weight is 375 g/mol. The second kappa shape index (κ2) is 6.79. The number of hydrogen-bond acceptors (Lipinski definition) is 4. The number of carboxylic acids is 1. The predicted molar refractivity (Wildman–Crippen MR) is 97.7 cm³/mol. The molecule has 0 aliphatic rings. The minimum atomic E-state index is -0.890. The van der Waals surface area contributed by atoms with Crippen LogP contribution in [0.2, 0.25) is 5.02 Å². The number of aromatic nitrogens is 1. The van der Waals surface area contributed by atoms with Gasteiger partial charge in [0.2, 0.25) is 0 Å². The van der Waals surface area contributed by atoms with Crippen molar-refractivity contribution in [2.75, 3.05) is 7.11 Å². The third-order valence-corrected chi connectivity index (χ3v) is 5.41. The zero-order chi connectivity index (χ0) is 18.1. The third-order valence-electron chi connectivity index (χ3n) is 4.14. The molecule has 0 unspecified atom stereocenters. The van der Waals surface area contributed by atoms with Gasteiger partial charge in [-0.1, -0.05) is 11.6 Å². The Kier molecular flexibility index (Phi) is 4.71. The minimum absolute atomic E-state index is 0.0754. The highest BCUT2D eigenvalue weighted by Gasteiger charge is 2.19. The highest BCUT2D eigenvalue weighted by Crippen LogP contribution is 2.35. The molecule has 5 nitrogen and oxygen atoms in total. The lowest BCUT2D eigenvalue weighted by Gasteiger charge is -2.08. The first-order chi connectivity index (χ1) is 11.9. The Morgan fingerprint density at radius 3 is 2.80 bits per heavy atom. The molecule has 3 rings (SSSR count). The Morgan fingerprint density at radius 2 is 2.20 bits per heavy atom. The van der Waals surface area contributed by atoms with E-state index in [0.29, 0.717) is 22.2 Å². The number of ether oxygens (including phenoxy) is 1. The zero-order valence-electron chi connectivity index (χ0n) is 13.7. The van der Waals surface area contributed by atoms with Crippen molar-refractivity contribution in [2.24, 2.45) is 0 Å². The molecule has 1 aromatic carbocycles. The molecule has 0 amide bonds. The van der Waals surface area contributed by atoms with Crippen molar-refractivity contribution in [2.45, 2.75) is 19.9 Å². The SMILES string of the molecule is COc1cc2c(CC(=O)O)c(C)n(Cc3ccc(C#N)s3)c2cc1Cl. The van der Waals surface area contributed by atoms with Gasteiger partial charge in [-0.2, -0.15) is 5.26 Å². The summed E-state index contributed by atoms with van der Waals surface area (Å²) in [7, 11) is 1.53. The van der Waals surface area contributed by atoms with Crippen LogP contribution in [-0.2, 0) is 17.8 Å². The van der Waals surface area contributed by atoms with Crippen molar-refractivity contribution in [3.05, 3.63) is 50.3 Å². The Labute approximate surface area is 153 Å².